The number of aliphatic hydroxyl groups is 1. The summed E-state index contributed by atoms with van der Waals surface area (Å²) in [4.78, 5) is 17.6. The van der Waals surface area contributed by atoms with Crippen molar-refractivity contribution in [2.24, 2.45) is 0 Å². The van der Waals surface area contributed by atoms with Gasteiger partial charge in [0.2, 0.25) is 0 Å². The lowest BCUT2D eigenvalue weighted by Crippen LogP contribution is -2.52. The highest BCUT2D eigenvalue weighted by Gasteiger charge is 2.34. The molecule has 8 nitrogen and oxygen atoms in total. The van der Waals surface area contributed by atoms with Crippen molar-refractivity contribution in [1.82, 2.24) is 19.9 Å². The van der Waals surface area contributed by atoms with Gasteiger partial charge in [0.25, 0.3) is 0 Å². The quantitative estimate of drug-likeness (QED) is 0.540. The summed E-state index contributed by atoms with van der Waals surface area (Å²) in [6, 6.07) is 6.23. The fraction of sp³-hybridized carbons (Fsp3) is 0.458. The first-order valence-corrected chi connectivity index (χ1v) is 11.6. The van der Waals surface area contributed by atoms with Crippen LogP contribution in [0.1, 0.15) is 28.8 Å². The Morgan fingerprint density at radius 2 is 2.00 bits per heavy atom. The molecule has 1 atom stereocenters. The van der Waals surface area contributed by atoms with Crippen LogP contribution in [0.2, 0.25) is 0 Å². The molecule has 0 aliphatic carbocycles. The van der Waals surface area contributed by atoms with Gasteiger partial charge in [-0.25, -0.2) is 4.98 Å². The Bertz CT molecular complexity index is 1250. The Hall–Kier alpha value is -3.18. The van der Waals surface area contributed by atoms with Crippen LogP contribution in [-0.4, -0.2) is 64.5 Å². The minimum Gasteiger partial charge on any atom is -0.463 e. The molecule has 2 aliphatic heterocycles. The lowest BCUT2D eigenvalue weighted by Gasteiger charge is -2.37. The summed E-state index contributed by atoms with van der Waals surface area (Å²) < 4.78 is 46.8. The first kappa shape index (κ1) is 23.6. The second kappa shape index (κ2) is 9.12. The number of benzene rings is 1. The molecule has 1 aromatic carbocycles. The lowest BCUT2D eigenvalue weighted by atomic mass is 9.96. The van der Waals surface area contributed by atoms with Crippen molar-refractivity contribution >= 4 is 22.5 Å². The molecule has 1 saturated heterocycles. The van der Waals surface area contributed by atoms with Crippen molar-refractivity contribution < 1.29 is 23.0 Å². The van der Waals surface area contributed by atoms with Crippen molar-refractivity contribution in [1.29, 1.82) is 0 Å². The van der Waals surface area contributed by atoms with Gasteiger partial charge in [0, 0.05) is 31.6 Å². The van der Waals surface area contributed by atoms with Crippen molar-refractivity contribution in [2.75, 3.05) is 43.5 Å². The normalized spacial score (nSPS) is 19.5. The molecule has 0 spiro atoms. The molecule has 1 fully saturated rings. The zero-order valence-electron chi connectivity index (χ0n) is 19.6. The Morgan fingerprint density at radius 3 is 2.77 bits per heavy atom. The van der Waals surface area contributed by atoms with Gasteiger partial charge in [0.1, 0.15) is 23.4 Å². The standard InChI is InChI=1S/C24H27F3N6O2/c1-14-21-17(11-19(29-14)33-9-8-32(2)13-20(33)34)22-28-12-15-5-3-7-18(24(25,26)27)16(15)6-4-10-35-23(30-21)31-22/h3,5,7,11,20,34H,4,6,8-10,12-13H2,1-2H3,(H,28,30,31). The predicted octanol–water partition coefficient (Wildman–Crippen LogP) is 3.36. The summed E-state index contributed by atoms with van der Waals surface area (Å²) in [6.07, 6.45) is -4.51. The van der Waals surface area contributed by atoms with E-state index in [1.807, 2.05) is 29.8 Å². The minimum absolute atomic E-state index is 0.152. The summed E-state index contributed by atoms with van der Waals surface area (Å²) >= 11 is 0. The summed E-state index contributed by atoms with van der Waals surface area (Å²) in [5.41, 5.74) is 1.45. The van der Waals surface area contributed by atoms with Gasteiger partial charge in [-0.15, -0.1) is 0 Å². The van der Waals surface area contributed by atoms with Gasteiger partial charge in [-0.05, 0) is 50.1 Å². The number of rotatable bonds is 1. The summed E-state index contributed by atoms with van der Waals surface area (Å²) in [5, 5.41) is 14.5. The molecular formula is C24H27F3N6O2. The van der Waals surface area contributed by atoms with Gasteiger partial charge in [-0.3, -0.25) is 0 Å². The first-order valence-electron chi connectivity index (χ1n) is 11.6. The van der Waals surface area contributed by atoms with Crippen LogP contribution >= 0.6 is 0 Å². The van der Waals surface area contributed by atoms with E-state index in [-0.39, 0.29) is 31.1 Å². The average Bonchev–Trinajstić information content (AvgIpc) is 2.83. The van der Waals surface area contributed by atoms with Crippen LogP contribution in [0, 0.1) is 6.92 Å². The highest BCUT2D eigenvalue weighted by molar-refractivity contribution is 5.92. The number of ether oxygens (including phenoxy) is 1. The third-order valence-electron chi connectivity index (χ3n) is 6.50. The van der Waals surface area contributed by atoms with Gasteiger partial charge in [0.15, 0.2) is 0 Å². The molecule has 0 amide bonds. The van der Waals surface area contributed by atoms with Crippen LogP contribution < -0.4 is 15.0 Å². The number of nitrogens with zero attached hydrogens (tertiary/aromatic N) is 5. The second-order valence-electron chi connectivity index (χ2n) is 9.00. The number of nitrogens with one attached hydrogen (secondary N) is 1. The molecule has 2 N–H and O–H groups in total. The van der Waals surface area contributed by atoms with Gasteiger partial charge in [-0.2, -0.15) is 23.1 Å². The monoisotopic (exact) mass is 488 g/mol. The number of aryl methyl sites for hydroxylation is 1. The maximum Gasteiger partial charge on any atom is 0.416 e. The second-order valence-corrected chi connectivity index (χ2v) is 9.00. The molecule has 4 heterocycles. The van der Waals surface area contributed by atoms with Gasteiger partial charge in [-0.1, -0.05) is 12.1 Å². The number of alkyl halides is 3. The van der Waals surface area contributed by atoms with Crippen LogP contribution in [0.5, 0.6) is 6.01 Å². The van der Waals surface area contributed by atoms with Crippen LogP contribution in [0.15, 0.2) is 24.3 Å². The van der Waals surface area contributed by atoms with E-state index in [4.69, 9.17) is 4.74 Å². The van der Waals surface area contributed by atoms with E-state index in [1.54, 1.807) is 6.07 Å². The maximum absolute atomic E-state index is 13.7. The predicted molar refractivity (Wildman–Crippen MR) is 126 cm³/mol. The average molecular weight is 489 g/mol. The molecule has 11 heteroatoms. The molecule has 0 saturated carbocycles. The molecule has 1 unspecified atom stereocenters. The number of β-amino-alcohol motifs (C(OH)–C–C–N with tert-alkyl or cyclic N) is 1. The van der Waals surface area contributed by atoms with E-state index in [2.05, 4.69) is 20.3 Å². The van der Waals surface area contributed by atoms with Gasteiger partial charge < -0.3 is 25.0 Å². The molecule has 2 aliphatic rings. The Labute approximate surface area is 200 Å². The zero-order valence-corrected chi connectivity index (χ0v) is 19.6. The molecular weight excluding hydrogens is 461 g/mol. The highest BCUT2D eigenvalue weighted by atomic mass is 19.4. The number of hydrogen-bond acceptors (Lipinski definition) is 8. The number of pyridine rings is 1. The molecule has 3 aromatic rings. The van der Waals surface area contributed by atoms with E-state index < -0.39 is 18.0 Å². The largest absolute Gasteiger partial charge is 0.463 e. The van der Waals surface area contributed by atoms with Gasteiger partial charge >= 0.3 is 12.2 Å². The summed E-state index contributed by atoms with van der Waals surface area (Å²) in [7, 11) is 1.95. The Balaban J connectivity index is 1.57. The summed E-state index contributed by atoms with van der Waals surface area (Å²) in [5.74, 6) is 1.05. The molecule has 2 bridgehead atoms. The van der Waals surface area contributed by atoms with Crippen molar-refractivity contribution in [3.63, 3.8) is 0 Å². The highest BCUT2D eigenvalue weighted by Crippen LogP contribution is 2.35. The van der Waals surface area contributed by atoms with Crippen LogP contribution in [-0.2, 0) is 19.1 Å². The van der Waals surface area contributed by atoms with E-state index in [0.717, 1.165) is 12.6 Å². The van der Waals surface area contributed by atoms with Crippen LogP contribution in [0.25, 0.3) is 10.9 Å². The number of aromatic nitrogens is 3. The van der Waals surface area contributed by atoms with E-state index >= 15 is 0 Å². The fourth-order valence-corrected chi connectivity index (χ4v) is 4.71. The number of piperazine rings is 1. The smallest absolute Gasteiger partial charge is 0.416 e. The van der Waals surface area contributed by atoms with E-state index in [0.29, 0.717) is 53.3 Å². The number of hydrogen-bond donors (Lipinski definition) is 2. The van der Waals surface area contributed by atoms with E-state index in [1.165, 1.54) is 6.07 Å². The third-order valence-corrected chi connectivity index (χ3v) is 6.50. The number of likely N-dealkylation sites (N-methyl/N-ethyl adjacent to an activating group) is 1. The minimum atomic E-state index is -4.43. The van der Waals surface area contributed by atoms with Crippen LogP contribution in [0.3, 0.4) is 0 Å². The number of fused-ring (bicyclic) bond motifs is 5. The molecule has 186 valence electrons. The van der Waals surface area contributed by atoms with Gasteiger partial charge in [0.05, 0.1) is 17.9 Å². The van der Waals surface area contributed by atoms with Crippen molar-refractivity contribution in [2.45, 2.75) is 38.7 Å². The fourth-order valence-electron chi connectivity index (χ4n) is 4.71. The number of aliphatic hydroxyl groups excluding tert-OH is 1. The number of halogens is 3. The topological polar surface area (TPSA) is 86.6 Å². The zero-order chi connectivity index (χ0) is 24.7. The third kappa shape index (κ3) is 4.70. The van der Waals surface area contributed by atoms with E-state index in [9.17, 15) is 18.3 Å². The summed E-state index contributed by atoms with van der Waals surface area (Å²) in [6.45, 7) is 4.06. The lowest BCUT2D eigenvalue weighted by molar-refractivity contribution is -0.138. The van der Waals surface area contributed by atoms with Crippen molar-refractivity contribution in [3.8, 4) is 6.01 Å². The van der Waals surface area contributed by atoms with Crippen LogP contribution in [0.4, 0.5) is 24.8 Å². The molecule has 0 radical (unpaired) electrons. The molecule has 35 heavy (non-hydrogen) atoms. The number of anilines is 2. The molecule has 2 aromatic heterocycles. The SMILES string of the molecule is Cc1nc(N2CCN(C)CC2O)cc2c3nc(nc12)OCCCc1c(cccc1C(F)(F)F)CN3. The first-order chi connectivity index (χ1) is 16.7. The Morgan fingerprint density at radius 1 is 1.17 bits per heavy atom. The Kier molecular flexibility index (Phi) is 6.14. The molecule has 5 rings (SSSR count). The van der Waals surface area contributed by atoms with Crippen molar-refractivity contribution in [3.05, 3.63) is 46.6 Å². The maximum atomic E-state index is 13.7.